The Labute approximate surface area is 141 Å². The van der Waals surface area contributed by atoms with Crippen molar-refractivity contribution < 1.29 is 28.9 Å². The van der Waals surface area contributed by atoms with Crippen LogP contribution in [0.25, 0.3) is 11.2 Å². The lowest BCUT2D eigenvalue weighted by molar-refractivity contribution is -0.165. The average Bonchev–Trinajstić information content (AvgIpc) is 3.10. The molecule has 3 N–H and O–H groups in total. The molecule has 11 heteroatoms. The Balaban J connectivity index is 2.04. The van der Waals surface area contributed by atoms with Crippen LogP contribution in [-0.4, -0.2) is 61.5 Å². The molecule has 0 spiro atoms. The molecule has 134 valence electrons. The zero-order valence-electron chi connectivity index (χ0n) is 13.5. The Kier molecular flexibility index (Phi) is 4.51. The van der Waals surface area contributed by atoms with Gasteiger partial charge in [-0.15, -0.1) is 0 Å². The van der Waals surface area contributed by atoms with Crippen molar-refractivity contribution in [3.63, 3.8) is 0 Å². The SMILES string of the molecule is CC(=O)OC1C(OC(C)=O)[C@@H](CO)O[C@H]1n1cnc2c(N)ncnc21. The lowest BCUT2D eigenvalue weighted by Crippen LogP contribution is -2.40. The third-order valence-corrected chi connectivity index (χ3v) is 3.73. The number of aromatic nitrogens is 4. The largest absolute Gasteiger partial charge is 0.456 e. The zero-order valence-corrected chi connectivity index (χ0v) is 13.5. The molecule has 0 aromatic carbocycles. The number of ether oxygens (including phenoxy) is 3. The second-order valence-electron chi connectivity index (χ2n) is 5.48. The molecular formula is C14H17N5O6. The molecule has 1 aliphatic heterocycles. The molecule has 0 amide bonds. The Hall–Kier alpha value is -2.79. The number of hydrogen-bond donors (Lipinski definition) is 2. The van der Waals surface area contributed by atoms with Gasteiger partial charge in [0.25, 0.3) is 0 Å². The highest BCUT2D eigenvalue weighted by molar-refractivity contribution is 5.81. The monoisotopic (exact) mass is 351 g/mol. The van der Waals surface area contributed by atoms with E-state index < -0.39 is 43.1 Å². The highest BCUT2D eigenvalue weighted by atomic mass is 16.6. The Bertz CT molecular complexity index is 808. The number of rotatable bonds is 4. The van der Waals surface area contributed by atoms with Gasteiger partial charge in [-0.1, -0.05) is 0 Å². The van der Waals surface area contributed by atoms with Gasteiger partial charge in [0.2, 0.25) is 0 Å². The molecule has 1 saturated heterocycles. The summed E-state index contributed by atoms with van der Waals surface area (Å²) < 4.78 is 17.7. The number of anilines is 1. The number of nitrogens with two attached hydrogens (primary N) is 1. The van der Waals surface area contributed by atoms with Gasteiger partial charge in [-0.25, -0.2) is 15.0 Å². The van der Waals surface area contributed by atoms with Crippen molar-refractivity contribution >= 4 is 28.9 Å². The Morgan fingerprint density at radius 2 is 1.92 bits per heavy atom. The Morgan fingerprint density at radius 3 is 2.56 bits per heavy atom. The second kappa shape index (κ2) is 6.61. The van der Waals surface area contributed by atoms with Gasteiger partial charge in [0.05, 0.1) is 12.9 Å². The molecule has 4 atom stereocenters. The topological polar surface area (TPSA) is 152 Å². The molecule has 0 aliphatic carbocycles. The summed E-state index contributed by atoms with van der Waals surface area (Å²) in [5, 5.41) is 9.55. The standard InChI is InChI=1S/C14H17N5O6/c1-6(21)23-10-8(3-20)25-14(11(10)24-7(2)22)19-5-18-9-12(15)16-4-17-13(9)19/h4-5,8,10-11,14,20H,3H2,1-2H3,(H2,15,16,17)/t8-,10?,11?,14-/m1/s1. The van der Waals surface area contributed by atoms with Crippen LogP contribution in [0.2, 0.25) is 0 Å². The number of esters is 2. The summed E-state index contributed by atoms with van der Waals surface area (Å²) in [5.74, 6) is -0.999. The fraction of sp³-hybridized carbons (Fsp3) is 0.500. The van der Waals surface area contributed by atoms with Gasteiger partial charge in [-0.3, -0.25) is 14.2 Å². The smallest absolute Gasteiger partial charge is 0.303 e. The highest BCUT2D eigenvalue weighted by Gasteiger charge is 2.50. The van der Waals surface area contributed by atoms with E-state index in [2.05, 4.69) is 15.0 Å². The second-order valence-corrected chi connectivity index (χ2v) is 5.48. The first-order valence-corrected chi connectivity index (χ1v) is 7.46. The Morgan fingerprint density at radius 1 is 1.24 bits per heavy atom. The minimum absolute atomic E-state index is 0.182. The molecule has 1 aliphatic rings. The van der Waals surface area contributed by atoms with Crippen molar-refractivity contribution in [2.24, 2.45) is 0 Å². The maximum Gasteiger partial charge on any atom is 0.303 e. The third kappa shape index (κ3) is 3.10. The van der Waals surface area contributed by atoms with Gasteiger partial charge < -0.3 is 25.1 Å². The van der Waals surface area contributed by atoms with E-state index in [1.54, 1.807) is 0 Å². The summed E-state index contributed by atoms with van der Waals surface area (Å²) in [4.78, 5) is 35.0. The van der Waals surface area contributed by atoms with Gasteiger partial charge >= 0.3 is 11.9 Å². The fourth-order valence-electron chi connectivity index (χ4n) is 2.79. The van der Waals surface area contributed by atoms with Crippen LogP contribution in [0.4, 0.5) is 5.82 Å². The lowest BCUT2D eigenvalue weighted by atomic mass is 10.1. The van der Waals surface area contributed by atoms with E-state index >= 15 is 0 Å². The van der Waals surface area contributed by atoms with Crippen LogP contribution in [0, 0.1) is 0 Å². The molecule has 0 bridgehead atoms. The fourth-order valence-corrected chi connectivity index (χ4v) is 2.79. The van der Waals surface area contributed by atoms with Gasteiger partial charge in [-0.05, 0) is 0 Å². The summed E-state index contributed by atoms with van der Waals surface area (Å²) in [6.07, 6.45) is -1.10. The molecule has 2 aromatic heterocycles. The van der Waals surface area contributed by atoms with Gasteiger partial charge in [0.1, 0.15) is 17.9 Å². The summed E-state index contributed by atoms with van der Waals surface area (Å²) in [5.41, 5.74) is 6.48. The lowest BCUT2D eigenvalue weighted by Gasteiger charge is -2.23. The summed E-state index contributed by atoms with van der Waals surface area (Å²) in [7, 11) is 0. The first-order valence-electron chi connectivity index (χ1n) is 7.46. The summed E-state index contributed by atoms with van der Waals surface area (Å²) in [6, 6.07) is 0. The van der Waals surface area contributed by atoms with Crippen molar-refractivity contribution in [2.75, 3.05) is 12.3 Å². The van der Waals surface area contributed by atoms with E-state index in [0.717, 1.165) is 0 Å². The number of nitrogen functional groups attached to an aromatic ring is 1. The van der Waals surface area contributed by atoms with Crippen molar-refractivity contribution in [1.29, 1.82) is 0 Å². The van der Waals surface area contributed by atoms with Crippen molar-refractivity contribution in [2.45, 2.75) is 38.4 Å². The molecule has 2 unspecified atom stereocenters. The molecule has 3 rings (SSSR count). The molecule has 1 fully saturated rings. The molecule has 3 heterocycles. The number of carbonyl (C=O) groups is 2. The molecule has 0 radical (unpaired) electrons. The minimum atomic E-state index is -0.993. The highest BCUT2D eigenvalue weighted by Crippen LogP contribution is 2.35. The summed E-state index contributed by atoms with van der Waals surface area (Å²) in [6.45, 7) is 2.00. The van der Waals surface area contributed by atoms with Crippen LogP contribution in [0.3, 0.4) is 0 Å². The minimum Gasteiger partial charge on any atom is -0.456 e. The maximum atomic E-state index is 11.5. The molecule has 25 heavy (non-hydrogen) atoms. The van der Waals surface area contributed by atoms with Gasteiger partial charge in [0, 0.05) is 13.8 Å². The van der Waals surface area contributed by atoms with Crippen LogP contribution in [0.1, 0.15) is 20.1 Å². The van der Waals surface area contributed by atoms with Gasteiger partial charge in [0.15, 0.2) is 29.9 Å². The number of carbonyl (C=O) groups excluding carboxylic acids is 2. The zero-order chi connectivity index (χ0) is 18.1. The van der Waals surface area contributed by atoms with Gasteiger partial charge in [-0.2, -0.15) is 0 Å². The van der Waals surface area contributed by atoms with E-state index in [1.807, 2.05) is 0 Å². The maximum absolute atomic E-state index is 11.5. The van der Waals surface area contributed by atoms with E-state index in [9.17, 15) is 14.7 Å². The predicted octanol–water partition coefficient (Wildman–Crippen LogP) is -0.838. The van der Waals surface area contributed by atoms with Crippen LogP contribution in [-0.2, 0) is 23.8 Å². The summed E-state index contributed by atoms with van der Waals surface area (Å²) >= 11 is 0. The van der Waals surface area contributed by atoms with E-state index in [-0.39, 0.29) is 5.82 Å². The van der Waals surface area contributed by atoms with E-state index in [1.165, 1.54) is 31.1 Å². The number of nitrogens with zero attached hydrogens (tertiary/aromatic N) is 4. The van der Waals surface area contributed by atoms with Crippen LogP contribution >= 0.6 is 0 Å². The van der Waals surface area contributed by atoms with Crippen molar-refractivity contribution in [3.05, 3.63) is 12.7 Å². The number of fused-ring (bicyclic) bond motifs is 1. The first kappa shape index (κ1) is 17.0. The quantitative estimate of drug-likeness (QED) is 0.667. The molecule has 2 aromatic rings. The molecule has 11 nitrogen and oxygen atoms in total. The van der Waals surface area contributed by atoms with Crippen LogP contribution in [0.15, 0.2) is 12.7 Å². The number of aliphatic hydroxyl groups is 1. The third-order valence-electron chi connectivity index (χ3n) is 3.73. The molecular weight excluding hydrogens is 334 g/mol. The normalized spacial score (nSPS) is 25.9. The number of hydrogen-bond acceptors (Lipinski definition) is 10. The van der Waals surface area contributed by atoms with Crippen molar-refractivity contribution in [3.8, 4) is 0 Å². The first-order chi connectivity index (χ1) is 11.9. The van der Waals surface area contributed by atoms with Crippen LogP contribution in [0.5, 0.6) is 0 Å². The predicted molar refractivity (Wildman–Crippen MR) is 81.8 cm³/mol. The van der Waals surface area contributed by atoms with E-state index in [4.69, 9.17) is 19.9 Å². The number of imidazole rings is 1. The van der Waals surface area contributed by atoms with E-state index in [0.29, 0.717) is 11.2 Å². The van der Waals surface area contributed by atoms with Crippen molar-refractivity contribution in [1.82, 2.24) is 19.5 Å². The molecule has 0 saturated carbocycles. The van der Waals surface area contributed by atoms with Crippen LogP contribution < -0.4 is 5.73 Å². The average molecular weight is 351 g/mol. The number of aliphatic hydroxyl groups excluding tert-OH is 1.